The molecule has 0 saturated heterocycles. The number of carboxylic acids is 2. The Kier molecular flexibility index (Phi) is 6.25. The van der Waals surface area contributed by atoms with E-state index in [1.165, 1.54) is 0 Å². The van der Waals surface area contributed by atoms with Gasteiger partial charge in [-0.1, -0.05) is 6.92 Å². The highest BCUT2D eigenvalue weighted by atomic mass is 31.2. The number of carbonyl (C=O) groups is 2. The zero-order chi connectivity index (χ0) is 12.8. The summed E-state index contributed by atoms with van der Waals surface area (Å²) in [6.45, 7) is 1.65. The summed E-state index contributed by atoms with van der Waals surface area (Å²) < 4.78 is 15.8. The van der Waals surface area contributed by atoms with E-state index in [1.807, 2.05) is 0 Å². The van der Waals surface area contributed by atoms with Gasteiger partial charge in [0.15, 0.2) is 6.10 Å². The van der Waals surface area contributed by atoms with Crippen LogP contribution in [0.1, 0.15) is 26.2 Å². The van der Waals surface area contributed by atoms with Crippen molar-refractivity contribution in [1.29, 1.82) is 0 Å². The first-order valence-electron chi connectivity index (χ1n) is 4.73. The van der Waals surface area contributed by atoms with Gasteiger partial charge in [-0.25, -0.2) is 4.79 Å². The van der Waals surface area contributed by atoms with Gasteiger partial charge in [-0.05, 0) is 12.8 Å². The van der Waals surface area contributed by atoms with Crippen LogP contribution in [0.5, 0.6) is 0 Å². The Labute approximate surface area is 92.6 Å². The SMILES string of the molecule is CCCP(=O)(O)OC(CCC(=O)O)C(=O)O. The molecular formula is C8H15O7P. The molecule has 94 valence electrons. The molecule has 0 bridgehead atoms. The van der Waals surface area contributed by atoms with E-state index < -0.39 is 32.1 Å². The van der Waals surface area contributed by atoms with Crippen LogP contribution < -0.4 is 0 Å². The first-order valence-corrected chi connectivity index (χ1v) is 6.49. The lowest BCUT2D eigenvalue weighted by Gasteiger charge is -2.16. The Bertz CT molecular complexity index is 301. The van der Waals surface area contributed by atoms with Gasteiger partial charge in [0.05, 0.1) is 0 Å². The van der Waals surface area contributed by atoms with Gasteiger partial charge in [0.25, 0.3) is 0 Å². The van der Waals surface area contributed by atoms with Crippen LogP contribution in [0, 0.1) is 0 Å². The fraction of sp³-hybridized carbons (Fsp3) is 0.750. The average Bonchev–Trinajstić information content (AvgIpc) is 2.11. The van der Waals surface area contributed by atoms with Crippen molar-refractivity contribution in [1.82, 2.24) is 0 Å². The van der Waals surface area contributed by atoms with E-state index in [-0.39, 0.29) is 12.6 Å². The zero-order valence-electron chi connectivity index (χ0n) is 8.83. The van der Waals surface area contributed by atoms with Crippen molar-refractivity contribution in [2.45, 2.75) is 32.3 Å². The molecule has 8 heteroatoms. The molecule has 0 aromatic heterocycles. The van der Waals surface area contributed by atoms with Crippen molar-refractivity contribution in [3.05, 3.63) is 0 Å². The predicted octanol–water partition coefficient (Wildman–Crippen LogP) is 0.916. The van der Waals surface area contributed by atoms with Gasteiger partial charge in [-0.3, -0.25) is 13.9 Å². The van der Waals surface area contributed by atoms with Crippen molar-refractivity contribution in [2.24, 2.45) is 0 Å². The summed E-state index contributed by atoms with van der Waals surface area (Å²) in [7, 11) is -3.94. The van der Waals surface area contributed by atoms with Crippen LogP contribution in [0.4, 0.5) is 0 Å². The second-order valence-corrected chi connectivity index (χ2v) is 5.16. The monoisotopic (exact) mass is 254 g/mol. The van der Waals surface area contributed by atoms with Crippen LogP contribution in [0.2, 0.25) is 0 Å². The summed E-state index contributed by atoms with van der Waals surface area (Å²) in [6, 6.07) is 0. The second kappa shape index (κ2) is 6.62. The lowest BCUT2D eigenvalue weighted by Crippen LogP contribution is -2.24. The van der Waals surface area contributed by atoms with Gasteiger partial charge in [0, 0.05) is 12.6 Å². The molecular weight excluding hydrogens is 239 g/mol. The molecule has 7 nitrogen and oxygen atoms in total. The van der Waals surface area contributed by atoms with Crippen LogP contribution in [0.15, 0.2) is 0 Å². The second-order valence-electron chi connectivity index (χ2n) is 3.23. The molecule has 16 heavy (non-hydrogen) atoms. The van der Waals surface area contributed by atoms with Crippen molar-refractivity contribution in [3.63, 3.8) is 0 Å². The molecule has 2 atom stereocenters. The molecule has 0 aromatic carbocycles. The maximum atomic E-state index is 11.3. The molecule has 0 spiro atoms. The van der Waals surface area contributed by atoms with Crippen LogP contribution in [0.25, 0.3) is 0 Å². The van der Waals surface area contributed by atoms with Crippen molar-refractivity contribution >= 4 is 19.5 Å². The van der Waals surface area contributed by atoms with E-state index in [1.54, 1.807) is 6.92 Å². The summed E-state index contributed by atoms with van der Waals surface area (Å²) in [5.74, 6) is -2.62. The Hall–Kier alpha value is -0.910. The summed E-state index contributed by atoms with van der Waals surface area (Å²) in [6.07, 6.45) is -2.09. The fourth-order valence-electron chi connectivity index (χ4n) is 1.01. The van der Waals surface area contributed by atoms with Gasteiger partial charge < -0.3 is 15.1 Å². The first-order chi connectivity index (χ1) is 7.28. The number of hydrogen-bond acceptors (Lipinski definition) is 4. The molecule has 2 unspecified atom stereocenters. The van der Waals surface area contributed by atoms with E-state index in [2.05, 4.69) is 4.52 Å². The number of hydrogen-bond donors (Lipinski definition) is 3. The quantitative estimate of drug-likeness (QED) is 0.550. The molecule has 0 heterocycles. The zero-order valence-corrected chi connectivity index (χ0v) is 9.72. The van der Waals surface area contributed by atoms with Gasteiger partial charge in [-0.15, -0.1) is 0 Å². The van der Waals surface area contributed by atoms with Crippen molar-refractivity contribution in [3.8, 4) is 0 Å². The Balaban J connectivity index is 4.39. The Morgan fingerprint density at radius 3 is 2.31 bits per heavy atom. The average molecular weight is 254 g/mol. The molecule has 0 aliphatic carbocycles. The Morgan fingerprint density at radius 2 is 1.94 bits per heavy atom. The van der Waals surface area contributed by atoms with Crippen molar-refractivity contribution in [2.75, 3.05) is 6.16 Å². The molecule has 0 rings (SSSR count). The third-order valence-corrected chi connectivity index (χ3v) is 3.29. The van der Waals surface area contributed by atoms with Gasteiger partial charge >= 0.3 is 19.5 Å². The minimum absolute atomic E-state index is 0.149. The third kappa shape index (κ3) is 6.55. The van der Waals surface area contributed by atoms with Gasteiger partial charge in [0.1, 0.15) is 0 Å². The summed E-state index contributed by atoms with van der Waals surface area (Å²) in [5, 5.41) is 17.0. The van der Waals surface area contributed by atoms with Gasteiger partial charge in [0.2, 0.25) is 0 Å². The van der Waals surface area contributed by atoms with Crippen LogP contribution in [-0.2, 0) is 18.7 Å². The molecule has 0 fully saturated rings. The van der Waals surface area contributed by atoms with Gasteiger partial charge in [-0.2, -0.15) is 0 Å². The largest absolute Gasteiger partial charge is 0.481 e. The molecule has 0 aliphatic rings. The molecule has 3 N–H and O–H groups in total. The summed E-state index contributed by atoms with van der Waals surface area (Å²) in [5.41, 5.74) is 0. The number of carboxylic acid groups (broad SMARTS) is 2. The summed E-state index contributed by atoms with van der Waals surface area (Å²) in [4.78, 5) is 30.1. The maximum absolute atomic E-state index is 11.3. The van der Waals surface area contributed by atoms with E-state index in [4.69, 9.17) is 10.2 Å². The lowest BCUT2D eigenvalue weighted by molar-refractivity contribution is -0.146. The van der Waals surface area contributed by atoms with E-state index in [0.717, 1.165) is 0 Å². The molecule has 0 aromatic rings. The minimum Gasteiger partial charge on any atom is -0.481 e. The Morgan fingerprint density at radius 1 is 1.38 bits per heavy atom. The standard InChI is InChI=1S/C8H15O7P/c1-2-5-16(13,14)15-6(8(11)12)3-4-7(9)10/h6H,2-5H2,1H3,(H,9,10)(H,11,12)(H,13,14). The lowest BCUT2D eigenvalue weighted by atomic mass is 10.2. The van der Waals surface area contributed by atoms with Crippen LogP contribution >= 0.6 is 7.60 Å². The fourth-order valence-corrected chi connectivity index (χ4v) is 2.27. The molecule has 0 amide bonds. The topological polar surface area (TPSA) is 121 Å². The smallest absolute Gasteiger partial charge is 0.333 e. The number of rotatable bonds is 8. The van der Waals surface area contributed by atoms with E-state index in [9.17, 15) is 19.0 Å². The highest BCUT2D eigenvalue weighted by Gasteiger charge is 2.29. The third-order valence-electron chi connectivity index (χ3n) is 1.69. The highest BCUT2D eigenvalue weighted by Crippen LogP contribution is 2.44. The molecule has 0 aliphatic heterocycles. The van der Waals surface area contributed by atoms with Crippen molar-refractivity contribution < 1.29 is 33.8 Å². The van der Waals surface area contributed by atoms with Crippen LogP contribution in [0.3, 0.4) is 0 Å². The summed E-state index contributed by atoms with van der Waals surface area (Å²) >= 11 is 0. The maximum Gasteiger partial charge on any atom is 0.333 e. The van der Waals surface area contributed by atoms with E-state index >= 15 is 0 Å². The molecule has 0 saturated carbocycles. The van der Waals surface area contributed by atoms with E-state index in [0.29, 0.717) is 6.42 Å². The van der Waals surface area contributed by atoms with Crippen LogP contribution in [-0.4, -0.2) is 39.3 Å². The molecule has 0 radical (unpaired) electrons. The first kappa shape index (κ1) is 15.1. The highest BCUT2D eigenvalue weighted by molar-refractivity contribution is 7.52. The normalized spacial score (nSPS) is 16.4. The minimum atomic E-state index is -3.94. The number of aliphatic carboxylic acids is 2. The predicted molar refractivity (Wildman–Crippen MR) is 54.4 cm³/mol.